The maximum atomic E-state index is 3.65. The third-order valence-corrected chi connectivity index (χ3v) is 4.81. The standard InChI is InChI=1S/C15H26N2S/c1-3-8-16-14-6-9-17(10-7-14)13(2)12-15-5-4-11-18-15/h4-5,11,13-14,16H,3,6-10,12H2,1-2H3. The topological polar surface area (TPSA) is 15.3 Å². The number of thiophene rings is 1. The van der Waals surface area contributed by atoms with Gasteiger partial charge in [-0.1, -0.05) is 13.0 Å². The fourth-order valence-electron chi connectivity index (χ4n) is 2.74. The van der Waals surface area contributed by atoms with Crippen LogP contribution in [-0.4, -0.2) is 36.6 Å². The molecule has 1 fully saturated rings. The summed E-state index contributed by atoms with van der Waals surface area (Å²) in [4.78, 5) is 4.18. The molecule has 0 radical (unpaired) electrons. The van der Waals surface area contributed by atoms with Crippen molar-refractivity contribution in [3.8, 4) is 0 Å². The Hall–Kier alpha value is -0.380. The van der Waals surface area contributed by atoms with Gasteiger partial charge >= 0.3 is 0 Å². The summed E-state index contributed by atoms with van der Waals surface area (Å²) in [5, 5.41) is 5.84. The van der Waals surface area contributed by atoms with Crippen molar-refractivity contribution in [3.63, 3.8) is 0 Å². The first kappa shape index (κ1) is 14.0. The maximum Gasteiger partial charge on any atom is 0.0115 e. The molecule has 1 saturated heterocycles. The summed E-state index contributed by atoms with van der Waals surface area (Å²) < 4.78 is 0. The summed E-state index contributed by atoms with van der Waals surface area (Å²) >= 11 is 1.89. The van der Waals surface area contributed by atoms with Crippen LogP contribution in [-0.2, 0) is 6.42 Å². The number of likely N-dealkylation sites (tertiary alicyclic amines) is 1. The van der Waals surface area contributed by atoms with E-state index in [1.54, 1.807) is 0 Å². The Bertz CT molecular complexity index is 315. The van der Waals surface area contributed by atoms with Crippen LogP contribution in [0.25, 0.3) is 0 Å². The second kappa shape index (κ2) is 7.27. The van der Waals surface area contributed by atoms with Crippen molar-refractivity contribution >= 4 is 11.3 Å². The van der Waals surface area contributed by atoms with Gasteiger partial charge in [-0.15, -0.1) is 11.3 Å². The average molecular weight is 266 g/mol. The number of nitrogens with zero attached hydrogens (tertiary/aromatic N) is 1. The van der Waals surface area contributed by atoms with Gasteiger partial charge in [-0.25, -0.2) is 0 Å². The number of piperidine rings is 1. The van der Waals surface area contributed by atoms with Crippen molar-refractivity contribution in [2.45, 2.75) is 51.6 Å². The lowest BCUT2D eigenvalue weighted by Crippen LogP contribution is -2.46. The van der Waals surface area contributed by atoms with Gasteiger partial charge in [0.05, 0.1) is 0 Å². The Labute approximate surface area is 115 Å². The minimum Gasteiger partial charge on any atom is -0.314 e. The molecule has 0 aromatic carbocycles. The lowest BCUT2D eigenvalue weighted by Gasteiger charge is -2.36. The van der Waals surface area contributed by atoms with E-state index >= 15 is 0 Å². The Morgan fingerprint density at radius 2 is 2.22 bits per heavy atom. The first-order valence-corrected chi connectivity index (χ1v) is 8.17. The summed E-state index contributed by atoms with van der Waals surface area (Å²) in [5.74, 6) is 0. The van der Waals surface area contributed by atoms with E-state index in [1.807, 2.05) is 11.3 Å². The maximum absolute atomic E-state index is 3.65. The summed E-state index contributed by atoms with van der Waals surface area (Å²) in [6.07, 6.45) is 5.09. The Kier molecular flexibility index (Phi) is 5.67. The van der Waals surface area contributed by atoms with Gasteiger partial charge < -0.3 is 10.2 Å². The second-order valence-corrected chi connectivity index (χ2v) is 6.43. The van der Waals surface area contributed by atoms with E-state index in [-0.39, 0.29) is 0 Å². The van der Waals surface area contributed by atoms with Gasteiger partial charge in [0.15, 0.2) is 0 Å². The minimum absolute atomic E-state index is 0.691. The fourth-order valence-corrected chi connectivity index (χ4v) is 3.57. The molecule has 1 aliphatic rings. The highest BCUT2D eigenvalue weighted by Crippen LogP contribution is 2.18. The molecule has 1 aliphatic heterocycles. The minimum atomic E-state index is 0.691. The van der Waals surface area contributed by atoms with Crippen molar-refractivity contribution in [1.82, 2.24) is 10.2 Å². The average Bonchev–Trinajstić information content (AvgIpc) is 2.89. The van der Waals surface area contributed by atoms with Crippen LogP contribution in [0.2, 0.25) is 0 Å². The van der Waals surface area contributed by atoms with Gasteiger partial charge in [0.1, 0.15) is 0 Å². The van der Waals surface area contributed by atoms with E-state index in [9.17, 15) is 0 Å². The Morgan fingerprint density at radius 3 is 2.83 bits per heavy atom. The van der Waals surface area contributed by atoms with Crippen molar-refractivity contribution in [1.29, 1.82) is 0 Å². The zero-order valence-electron chi connectivity index (χ0n) is 11.7. The van der Waals surface area contributed by atoms with E-state index in [0.717, 1.165) is 6.04 Å². The van der Waals surface area contributed by atoms with E-state index < -0.39 is 0 Å². The molecule has 0 bridgehead atoms. The fraction of sp³-hybridized carbons (Fsp3) is 0.733. The van der Waals surface area contributed by atoms with Gasteiger partial charge in [-0.2, -0.15) is 0 Å². The number of hydrogen-bond donors (Lipinski definition) is 1. The van der Waals surface area contributed by atoms with Gasteiger partial charge in [0, 0.05) is 17.0 Å². The molecule has 18 heavy (non-hydrogen) atoms. The van der Waals surface area contributed by atoms with Gasteiger partial charge in [-0.05, 0) is 63.7 Å². The van der Waals surface area contributed by atoms with Crippen LogP contribution in [0.5, 0.6) is 0 Å². The normalized spacial score (nSPS) is 20.1. The monoisotopic (exact) mass is 266 g/mol. The molecule has 0 aliphatic carbocycles. The first-order chi connectivity index (χ1) is 8.79. The second-order valence-electron chi connectivity index (χ2n) is 5.40. The number of hydrogen-bond acceptors (Lipinski definition) is 3. The van der Waals surface area contributed by atoms with E-state index in [4.69, 9.17) is 0 Å². The number of nitrogens with one attached hydrogen (secondary N) is 1. The zero-order chi connectivity index (χ0) is 12.8. The SMILES string of the molecule is CCCNC1CCN(C(C)Cc2cccs2)CC1. The predicted molar refractivity (Wildman–Crippen MR) is 80.4 cm³/mol. The quantitative estimate of drug-likeness (QED) is 0.851. The third kappa shape index (κ3) is 4.08. The molecule has 0 spiro atoms. The van der Waals surface area contributed by atoms with Gasteiger partial charge in [-0.3, -0.25) is 0 Å². The van der Waals surface area contributed by atoms with Crippen molar-refractivity contribution in [2.24, 2.45) is 0 Å². The summed E-state index contributed by atoms with van der Waals surface area (Å²) in [7, 11) is 0. The largest absolute Gasteiger partial charge is 0.314 e. The van der Waals surface area contributed by atoms with Gasteiger partial charge in [0.2, 0.25) is 0 Å². The highest BCUT2D eigenvalue weighted by atomic mass is 32.1. The van der Waals surface area contributed by atoms with Crippen LogP contribution >= 0.6 is 11.3 Å². The molecule has 0 amide bonds. The van der Waals surface area contributed by atoms with Crippen molar-refractivity contribution in [3.05, 3.63) is 22.4 Å². The zero-order valence-corrected chi connectivity index (χ0v) is 12.5. The van der Waals surface area contributed by atoms with E-state index in [1.165, 1.54) is 50.2 Å². The predicted octanol–water partition coefficient (Wildman–Crippen LogP) is 3.14. The molecular weight excluding hydrogens is 240 g/mol. The van der Waals surface area contributed by atoms with Crippen molar-refractivity contribution in [2.75, 3.05) is 19.6 Å². The van der Waals surface area contributed by atoms with E-state index in [2.05, 4.69) is 41.6 Å². The summed E-state index contributed by atoms with van der Waals surface area (Å²) in [6.45, 7) is 8.31. The lowest BCUT2D eigenvalue weighted by atomic mass is 10.0. The molecule has 1 unspecified atom stereocenters. The van der Waals surface area contributed by atoms with E-state index in [0.29, 0.717) is 6.04 Å². The number of rotatable bonds is 6. The molecule has 1 N–H and O–H groups in total. The molecule has 2 heterocycles. The molecular formula is C15H26N2S. The third-order valence-electron chi connectivity index (χ3n) is 3.91. The lowest BCUT2D eigenvalue weighted by molar-refractivity contribution is 0.152. The molecule has 3 heteroatoms. The van der Waals surface area contributed by atoms with Crippen LogP contribution in [0.3, 0.4) is 0 Å². The molecule has 1 aromatic rings. The van der Waals surface area contributed by atoms with Crippen LogP contribution in [0.15, 0.2) is 17.5 Å². The molecule has 1 atom stereocenters. The van der Waals surface area contributed by atoms with Gasteiger partial charge in [0.25, 0.3) is 0 Å². The van der Waals surface area contributed by atoms with Crippen LogP contribution in [0.4, 0.5) is 0 Å². The van der Waals surface area contributed by atoms with Crippen molar-refractivity contribution < 1.29 is 0 Å². The molecule has 2 nitrogen and oxygen atoms in total. The van der Waals surface area contributed by atoms with Crippen LogP contribution < -0.4 is 5.32 Å². The highest BCUT2D eigenvalue weighted by molar-refractivity contribution is 7.09. The van der Waals surface area contributed by atoms with Crippen LogP contribution in [0, 0.1) is 0 Å². The molecule has 0 saturated carbocycles. The highest BCUT2D eigenvalue weighted by Gasteiger charge is 2.22. The smallest absolute Gasteiger partial charge is 0.0115 e. The Balaban J connectivity index is 1.72. The molecule has 2 rings (SSSR count). The summed E-state index contributed by atoms with van der Waals surface area (Å²) in [5.41, 5.74) is 0. The molecule has 102 valence electrons. The first-order valence-electron chi connectivity index (χ1n) is 7.29. The molecule has 1 aromatic heterocycles. The Morgan fingerprint density at radius 1 is 1.44 bits per heavy atom. The van der Waals surface area contributed by atoms with Crippen LogP contribution in [0.1, 0.15) is 38.0 Å². The summed E-state index contributed by atoms with van der Waals surface area (Å²) in [6, 6.07) is 5.87.